The van der Waals surface area contributed by atoms with E-state index in [4.69, 9.17) is 5.73 Å². The van der Waals surface area contributed by atoms with Gasteiger partial charge >= 0.3 is 0 Å². The van der Waals surface area contributed by atoms with Crippen LogP contribution in [-0.2, 0) is 0 Å². The van der Waals surface area contributed by atoms with Gasteiger partial charge in [-0.15, -0.1) is 0 Å². The van der Waals surface area contributed by atoms with E-state index in [2.05, 4.69) is 15.5 Å². The Balaban J connectivity index is 2.16. The summed E-state index contributed by atoms with van der Waals surface area (Å²) >= 11 is 0. The van der Waals surface area contributed by atoms with Crippen molar-refractivity contribution in [3.8, 4) is 0 Å². The summed E-state index contributed by atoms with van der Waals surface area (Å²) in [6.07, 6.45) is 0. The molecule has 0 unspecified atom stereocenters. The zero-order chi connectivity index (χ0) is 14.0. The molecule has 5 nitrogen and oxygen atoms in total. The normalized spacial score (nSPS) is 10.7. The minimum Gasteiger partial charge on any atom is -0.398 e. The topological polar surface area (TPSA) is 83.8 Å². The number of hydrogen-bond donors (Lipinski definition) is 3. The Kier molecular flexibility index (Phi) is 3.50. The standard InChI is InChI=1S/C13H15FN4O/c1-7(2)11-6-12(18-17-11)16-13(19)9-4-3-8(14)5-10(9)15/h3-7H,15H2,1-2H3,(H2,16,17,18,19). The Hall–Kier alpha value is -2.37. The molecule has 1 aromatic heterocycles. The van der Waals surface area contributed by atoms with Gasteiger partial charge in [0.15, 0.2) is 5.82 Å². The van der Waals surface area contributed by atoms with Gasteiger partial charge in [-0.25, -0.2) is 4.39 Å². The van der Waals surface area contributed by atoms with Crippen molar-refractivity contribution in [2.24, 2.45) is 0 Å². The van der Waals surface area contributed by atoms with Crippen LogP contribution >= 0.6 is 0 Å². The molecule has 19 heavy (non-hydrogen) atoms. The number of nitrogens with one attached hydrogen (secondary N) is 2. The maximum Gasteiger partial charge on any atom is 0.258 e. The Morgan fingerprint density at radius 1 is 1.42 bits per heavy atom. The zero-order valence-corrected chi connectivity index (χ0v) is 10.7. The number of H-pyrrole nitrogens is 1. The fraction of sp³-hybridized carbons (Fsp3) is 0.231. The average molecular weight is 262 g/mol. The SMILES string of the molecule is CC(C)c1cc(NC(=O)c2ccc(F)cc2N)n[nH]1. The lowest BCUT2D eigenvalue weighted by Crippen LogP contribution is -2.14. The summed E-state index contributed by atoms with van der Waals surface area (Å²) in [6, 6.07) is 5.40. The summed E-state index contributed by atoms with van der Waals surface area (Å²) in [5, 5.41) is 9.42. The second kappa shape index (κ2) is 5.09. The molecule has 2 rings (SSSR count). The molecule has 4 N–H and O–H groups in total. The van der Waals surface area contributed by atoms with Crippen molar-refractivity contribution in [1.29, 1.82) is 0 Å². The summed E-state index contributed by atoms with van der Waals surface area (Å²) in [5.74, 6) is -0.193. The zero-order valence-electron chi connectivity index (χ0n) is 10.7. The number of carbonyl (C=O) groups is 1. The van der Waals surface area contributed by atoms with Gasteiger partial charge in [-0.1, -0.05) is 13.8 Å². The number of benzene rings is 1. The number of nitrogens with zero attached hydrogens (tertiary/aromatic N) is 1. The second-order valence-electron chi connectivity index (χ2n) is 4.55. The number of carbonyl (C=O) groups excluding carboxylic acids is 1. The largest absolute Gasteiger partial charge is 0.398 e. The molecule has 0 spiro atoms. The van der Waals surface area contributed by atoms with Crippen molar-refractivity contribution in [3.05, 3.63) is 41.3 Å². The molecule has 0 aliphatic rings. The third-order valence-electron chi connectivity index (χ3n) is 2.72. The lowest BCUT2D eigenvalue weighted by Gasteiger charge is -2.05. The van der Waals surface area contributed by atoms with E-state index in [1.54, 1.807) is 6.07 Å². The van der Waals surface area contributed by atoms with Crippen LogP contribution in [0.25, 0.3) is 0 Å². The predicted octanol–water partition coefficient (Wildman–Crippen LogP) is 2.51. The van der Waals surface area contributed by atoms with E-state index in [1.807, 2.05) is 13.8 Å². The number of amides is 1. The van der Waals surface area contributed by atoms with Crippen molar-refractivity contribution in [1.82, 2.24) is 10.2 Å². The highest BCUT2D eigenvalue weighted by Gasteiger charge is 2.13. The maximum atomic E-state index is 12.9. The van der Waals surface area contributed by atoms with Crippen molar-refractivity contribution < 1.29 is 9.18 Å². The highest BCUT2D eigenvalue weighted by atomic mass is 19.1. The van der Waals surface area contributed by atoms with E-state index in [0.29, 0.717) is 5.82 Å². The fourth-order valence-electron chi connectivity index (χ4n) is 1.62. The van der Waals surface area contributed by atoms with Crippen LogP contribution in [0.1, 0.15) is 35.8 Å². The minimum atomic E-state index is -0.476. The van der Waals surface area contributed by atoms with Crippen molar-refractivity contribution in [3.63, 3.8) is 0 Å². The number of anilines is 2. The fourth-order valence-corrected chi connectivity index (χ4v) is 1.62. The summed E-state index contributed by atoms with van der Waals surface area (Å²) in [4.78, 5) is 12.0. The van der Waals surface area contributed by atoms with Crippen LogP contribution in [0.15, 0.2) is 24.3 Å². The highest BCUT2D eigenvalue weighted by Crippen LogP contribution is 2.18. The van der Waals surface area contributed by atoms with Gasteiger partial charge in [-0.2, -0.15) is 5.10 Å². The third-order valence-corrected chi connectivity index (χ3v) is 2.72. The van der Waals surface area contributed by atoms with E-state index in [-0.39, 0.29) is 17.2 Å². The Bertz CT molecular complexity index is 606. The van der Waals surface area contributed by atoms with E-state index < -0.39 is 11.7 Å². The number of rotatable bonds is 3. The van der Waals surface area contributed by atoms with Gasteiger partial charge in [-0.05, 0) is 24.1 Å². The van der Waals surface area contributed by atoms with Gasteiger partial charge in [0, 0.05) is 17.4 Å². The number of aromatic nitrogens is 2. The van der Waals surface area contributed by atoms with Crippen LogP contribution in [0.4, 0.5) is 15.9 Å². The molecule has 2 aromatic rings. The van der Waals surface area contributed by atoms with Crippen LogP contribution in [0.2, 0.25) is 0 Å². The number of nitrogen functional groups attached to an aromatic ring is 1. The first-order valence-electron chi connectivity index (χ1n) is 5.89. The summed E-state index contributed by atoms with van der Waals surface area (Å²) in [5.41, 5.74) is 6.83. The molecule has 1 amide bonds. The lowest BCUT2D eigenvalue weighted by molar-refractivity contribution is 0.102. The van der Waals surface area contributed by atoms with E-state index in [0.717, 1.165) is 11.8 Å². The molecule has 0 saturated carbocycles. The molecule has 0 aliphatic carbocycles. The first-order valence-corrected chi connectivity index (χ1v) is 5.89. The van der Waals surface area contributed by atoms with Crippen LogP contribution in [0.3, 0.4) is 0 Å². The first kappa shape index (κ1) is 13.1. The molecule has 0 radical (unpaired) electrons. The summed E-state index contributed by atoms with van der Waals surface area (Å²) in [6.45, 7) is 4.02. The van der Waals surface area contributed by atoms with Crippen LogP contribution < -0.4 is 11.1 Å². The molecule has 0 fully saturated rings. The predicted molar refractivity (Wildman–Crippen MR) is 71.4 cm³/mol. The monoisotopic (exact) mass is 262 g/mol. The number of halogens is 1. The van der Waals surface area contributed by atoms with Gasteiger partial charge in [0.05, 0.1) is 5.56 Å². The van der Waals surface area contributed by atoms with E-state index >= 15 is 0 Å². The van der Waals surface area contributed by atoms with Gasteiger partial charge in [0.1, 0.15) is 5.82 Å². The van der Waals surface area contributed by atoms with Crippen molar-refractivity contribution in [2.75, 3.05) is 11.1 Å². The smallest absolute Gasteiger partial charge is 0.258 e. The number of hydrogen-bond acceptors (Lipinski definition) is 3. The van der Waals surface area contributed by atoms with Gasteiger partial charge in [-0.3, -0.25) is 9.89 Å². The van der Waals surface area contributed by atoms with Crippen LogP contribution in [0.5, 0.6) is 0 Å². The molecular weight excluding hydrogens is 247 g/mol. The van der Waals surface area contributed by atoms with Gasteiger partial charge in [0.25, 0.3) is 5.91 Å². The molecular formula is C13H15FN4O. The Morgan fingerprint density at radius 3 is 2.74 bits per heavy atom. The molecule has 0 bridgehead atoms. The molecule has 0 atom stereocenters. The van der Waals surface area contributed by atoms with Gasteiger partial charge < -0.3 is 11.1 Å². The molecule has 0 aliphatic heterocycles. The minimum absolute atomic E-state index is 0.0946. The average Bonchev–Trinajstić information content (AvgIpc) is 2.77. The molecule has 0 saturated heterocycles. The lowest BCUT2D eigenvalue weighted by atomic mass is 10.1. The third kappa shape index (κ3) is 2.90. The quantitative estimate of drug-likeness (QED) is 0.743. The molecule has 6 heteroatoms. The molecule has 1 aromatic carbocycles. The Morgan fingerprint density at radius 2 is 2.16 bits per heavy atom. The maximum absolute atomic E-state index is 12.9. The van der Waals surface area contributed by atoms with E-state index in [1.165, 1.54) is 12.1 Å². The van der Waals surface area contributed by atoms with E-state index in [9.17, 15) is 9.18 Å². The van der Waals surface area contributed by atoms with Crippen molar-refractivity contribution in [2.45, 2.75) is 19.8 Å². The second-order valence-corrected chi connectivity index (χ2v) is 4.55. The van der Waals surface area contributed by atoms with Crippen LogP contribution in [-0.4, -0.2) is 16.1 Å². The molecule has 100 valence electrons. The number of aromatic amines is 1. The van der Waals surface area contributed by atoms with Crippen molar-refractivity contribution >= 4 is 17.4 Å². The summed E-state index contributed by atoms with van der Waals surface area (Å²) < 4.78 is 12.9. The number of nitrogens with two attached hydrogens (primary N) is 1. The van der Waals surface area contributed by atoms with Crippen LogP contribution in [0, 0.1) is 5.82 Å². The first-order chi connectivity index (χ1) is 8.97. The van der Waals surface area contributed by atoms with Gasteiger partial charge in [0.2, 0.25) is 0 Å². The summed E-state index contributed by atoms with van der Waals surface area (Å²) in [7, 11) is 0. The highest BCUT2D eigenvalue weighted by molar-refractivity contribution is 6.07. The molecule has 1 heterocycles. The Labute approximate surface area is 110 Å².